The molecule has 2 amide bonds. The average Bonchev–Trinajstić information content (AvgIpc) is 2.70. The number of rotatable bonds is 3. The first-order chi connectivity index (χ1) is 13.2. The fourth-order valence-corrected chi connectivity index (χ4v) is 3.29. The highest BCUT2D eigenvalue weighted by Crippen LogP contribution is 2.25. The Balaban J connectivity index is 1.38. The first-order valence-corrected chi connectivity index (χ1v) is 9.09. The molecule has 4 rings (SSSR count). The number of hydrogen-bond donors (Lipinski definition) is 2. The lowest BCUT2D eigenvalue weighted by Gasteiger charge is -2.30. The van der Waals surface area contributed by atoms with E-state index in [-0.39, 0.29) is 6.03 Å². The first-order valence-electron chi connectivity index (χ1n) is 9.09. The topological polar surface area (TPSA) is 57.3 Å². The van der Waals surface area contributed by atoms with Crippen LogP contribution in [-0.2, 0) is 13.0 Å². The van der Waals surface area contributed by atoms with E-state index >= 15 is 0 Å². The van der Waals surface area contributed by atoms with Crippen LogP contribution in [0.5, 0.6) is 0 Å². The van der Waals surface area contributed by atoms with Crippen LogP contribution >= 0.6 is 0 Å². The highest BCUT2D eigenvalue weighted by molar-refractivity contribution is 5.99. The van der Waals surface area contributed by atoms with E-state index < -0.39 is 0 Å². The van der Waals surface area contributed by atoms with Crippen molar-refractivity contribution < 1.29 is 4.79 Å². The fourth-order valence-electron chi connectivity index (χ4n) is 3.29. The van der Waals surface area contributed by atoms with Gasteiger partial charge in [0.25, 0.3) is 0 Å². The van der Waals surface area contributed by atoms with Crippen molar-refractivity contribution in [1.29, 1.82) is 0 Å². The summed E-state index contributed by atoms with van der Waals surface area (Å²) in [4.78, 5) is 18.7. The molecule has 2 heterocycles. The van der Waals surface area contributed by atoms with Crippen molar-refractivity contribution in [2.45, 2.75) is 19.9 Å². The summed E-state index contributed by atoms with van der Waals surface area (Å²) in [6.45, 7) is 3.87. The van der Waals surface area contributed by atoms with Gasteiger partial charge < -0.3 is 15.5 Å². The van der Waals surface area contributed by atoms with E-state index in [9.17, 15) is 4.79 Å². The number of fused-ring (bicyclic) bond motifs is 1. The van der Waals surface area contributed by atoms with Crippen molar-refractivity contribution >= 4 is 23.1 Å². The van der Waals surface area contributed by atoms with Crippen molar-refractivity contribution in [2.24, 2.45) is 0 Å². The zero-order chi connectivity index (χ0) is 18.6. The number of benzene rings is 2. The summed E-state index contributed by atoms with van der Waals surface area (Å²) in [7, 11) is 0. The molecule has 0 spiro atoms. The Bertz CT molecular complexity index is 935. The predicted octanol–water partition coefficient (Wildman–Crippen LogP) is 4.60. The monoisotopic (exact) mass is 358 g/mol. The van der Waals surface area contributed by atoms with E-state index in [2.05, 4.69) is 26.6 Å². The number of aromatic nitrogens is 1. The number of pyridine rings is 1. The lowest BCUT2D eigenvalue weighted by molar-refractivity contribution is 0.262. The summed E-state index contributed by atoms with van der Waals surface area (Å²) in [5, 5.41) is 5.71. The SMILES string of the molecule is Cc1ccc(NC(=O)Nc2ccc(N3CCc4ccncc4C3)cc2)cc1. The Morgan fingerprint density at radius 1 is 0.926 bits per heavy atom. The minimum absolute atomic E-state index is 0.246. The van der Waals surface area contributed by atoms with Crippen LogP contribution in [0, 0.1) is 6.92 Å². The fraction of sp³-hybridized carbons (Fsp3) is 0.182. The van der Waals surface area contributed by atoms with Gasteiger partial charge in [0.2, 0.25) is 0 Å². The number of aryl methyl sites for hydroxylation is 1. The second-order valence-electron chi connectivity index (χ2n) is 6.81. The molecular weight excluding hydrogens is 336 g/mol. The zero-order valence-electron chi connectivity index (χ0n) is 15.3. The maximum atomic E-state index is 12.2. The third-order valence-electron chi connectivity index (χ3n) is 4.82. The lowest BCUT2D eigenvalue weighted by Crippen LogP contribution is -2.30. The first kappa shape index (κ1) is 17.1. The number of amides is 2. The third-order valence-corrected chi connectivity index (χ3v) is 4.82. The maximum absolute atomic E-state index is 12.2. The molecule has 2 N–H and O–H groups in total. The van der Waals surface area contributed by atoms with Gasteiger partial charge in [-0.2, -0.15) is 0 Å². The number of anilines is 3. The van der Waals surface area contributed by atoms with Crippen molar-refractivity contribution in [3.8, 4) is 0 Å². The molecule has 27 heavy (non-hydrogen) atoms. The Labute approximate surface area is 159 Å². The summed E-state index contributed by atoms with van der Waals surface area (Å²) < 4.78 is 0. The highest BCUT2D eigenvalue weighted by atomic mass is 16.2. The minimum atomic E-state index is -0.246. The van der Waals surface area contributed by atoms with Crippen molar-refractivity contribution in [2.75, 3.05) is 22.1 Å². The molecule has 0 radical (unpaired) electrons. The van der Waals surface area contributed by atoms with Gasteiger partial charge in [-0.25, -0.2) is 4.79 Å². The molecule has 0 unspecified atom stereocenters. The van der Waals surface area contributed by atoms with Crippen LogP contribution in [0.2, 0.25) is 0 Å². The van der Waals surface area contributed by atoms with E-state index in [1.807, 2.05) is 67.8 Å². The summed E-state index contributed by atoms with van der Waals surface area (Å²) in [5.74, 6) is 0. The third kappa shape index (κ3) is 4.08. The normalized spacial score (nSPS) is 13.0. The average molecular weight is 358 g/mol. The van der Waals surface area contributed by atoms with Crippen molar-refractivity contribution in [3.63, 3.8) is 0 Å². The molecule has 0 saturated heterocycles. The molecule has 1 aliphatic rings. The van der Waals surface area contributed by atoms with Crippen LogP contribution in [0.15, 0.2) is 67.0 Å². The van der Waals surface area contributed by atoms with Crippen LogP contribution in [0.3, 0.4) is 0 Å². The molecule has 0 atom stereocenters. The van der Waals surface area contributed by atoms with E-state index in [1.54, 1.807) is 0 Å². The van der Waals surface area contributed by atoms with Crippen LogP contribution in [0.1, 0.15) is 16.7 Å². The molecule has 3 aromatic rings. The van der Waals surface area contributed by atoms with Gasteiger partial charge in [0.15, 0.2) is 0 Å². The number of urea groups is 1. The zero-order valence-corrected chi connectivity index (χ0v) is 15.3. The molecule has 0 saturated carbocycles. The number of carbonyl (C=O) groups is 1. The second kappa shape index (κ2) is 7.50. The summed E-state index contributed by atoms with van der Waals surface area (Å²) in [6.07, 6.45) is 4.83. The van der Waals surface area contributed by atoms with E-state index in [0.717, 1.165) is 42.1 Å². The lowest BCUT2D eigenvalue weighted by atomic mass is 10.0. The second-order valence-corrected chi connectivity index (χ2v) is 6.81. The van der Waals surface area contributed by atoms with E-state index in [1.165, 1.54) is 11.1 Å². The van der Waals surface area contributed by atoms with Gasteiger partial charge in [-0.15, -0.1) is 0 Å². The van der Waals surface area contributed by atoms with E-state index in [0.29, 0.717) is 0 Å². The highest BCUT2D eigenvalue weighted by Gasteiger charge is 2.16. The Kier molecular flexibility index (Phi) is 4.75. The molecule has 2 aromatic carbocycles. The molecule has 136 valence electrons. The maximum Gasteiger partial charge on any atom is 0.323 e. The number of hydrogen-bond acceptors (Lipinski definition) is 3. The van der Waals surface area contributed by atoms with Gasteiger partial charge >= 0.3 is 6.03 Å². The van der Waals surface area contributed by atoms with Crippen LogP contribution in [0.4, 0.5) is 21.9 Å². The van der Waals surface area contributed by atoms with Crippen LogP contribution < -0.4 is 15.5 Å². The van der Waals surface area contributed by atoms with Gasteiger partial charge in [-0.1, -0.05) is 17.7 Å². The van der Waals surface area contributed by atoms with Crippen LogP contribution in [0.25, 0.3) is 0 Å². The summed E-state index contributed by atoms with van der Waals surface area (Å²) >= 11 is 0. The quantitative estimate of drug-likeness (QED) is 0.719. The smallest absolute Gasteiger partial charge is 0.323 e. The molecule has 1 aromatic heterocycles. The predicted molar refractivity (Wildman–Crippen MR) is 109 cm³/mol. The molecule has 0 aliphatic carbocycles. The van der Waals surface area contributed by atoms with Crippen molar-refractivity contribution in [3.05, 3.63) is 83.7 Å². The van der Waals surface area contributed by atoms with Gasteiger partial charge in [-0.05, 0) is 66.9 Å². The minimum Gasteiger partial charge on any atom is -0.367 e. The van der Waals surface area contributed by atoms with Gasteiger partial charge in [0.05, 0.1) is 0 Å². The summed E-state index contributed by atoms with van der Waals surface area (Å²) in [5.41, 5.74) is 6.51. The van der Waals surface area contributed by atoms with Gasteiger partial charge in [-0.3, -0.25) is 4.98 Å². The molecular formula is C22H22N4O. The number of carbonyl (C=O) groups excluding carboxylic acids is 1. The Hall–Kier alpha value is -3.34. The number of nitrogens with one attached hydrogen (secondary N) is 2. The standard InChI is InChI=1S/C22H22N4O/c1-16-2-4-19(5-3-16)24-22(27)25-20-6-8-21(9-7-20)26-13-11-17-10-12-23-14-18(17)15-26/h2-10,12,14H,11,13,15H2,1H3,(H2,24,25,27). The van der Waals surface area contributed by atoms with Crippen molar-refractivity contribution in [1.82, 2.24) is 4.98 Å². The molecule has 5 heteroatoms. The molecule has 5 nitrogen and oxygen atoms in total. The molecule has 0 bridgehead atoms. The molecule has 0 fully saturated rings. The van der Waals surface area contributed by atoms with Gasteiger partial charge in [0, 0.05) is 42.5 Å². The molecule has 1 aliphatic heterocycles. The Morgan fingerprint density at radius 3 is 2.30 bits per heavy atom. The van der Waals surface area contributed by atoms with Crippen LogP contribution in [-0.4, -0.2) is 17.6 Å². The number of nitrogens with zero attached hydrogens (tertiary/aromatic N) is 2. The van der Waals surface area contributed by atoms with Gasteiger partial charge in [0.1, 0.15) is 0 Å². The largest absolute Gasteiger partial charge is 0.367 e. The summed E-state index contributed by atoms with van der Waals surface area (Å²) in [6, 6.07) is 17.5. The van der Waals surface area contributed by atoms with E-state index in [4.69, 9.17) is 0 Å². The Morgan fingerprint density at radius 2 is 1.59 bits per heavy atom.